The number of nitrogens with one attached hydrogen (secondary N) is 1. The van der Waals surface area contributed by atoms with Crippen molar-refractivity contribution in [1.82, 2.24) is 10.5 Å². The van der Waals surface area contributed by atoms with E-state index in [9.17, 15) is 13.2 Å². The summed E-state index contributed by atoms with van der Waals surface area (Å²) in [4.78, 5) is 0. The molecule has 96 valence electrons. The quantitative estimate of drug-likeness (QED) is 0.852. The summed E-state index contributed by atoms with van der Waals surface area (Å²) in [6.45, 7) is 1.59. The predicted octanol–water partition coefficient (Wildman–Crippen LogP) is 2.92. The van der Waals surface area contributed by atoms with Gasteiger partial charge in [0.2, 0.25) is 0 Å². The molecule has 0 radical (unpaired) electrons. The van der Waals surface area contributed by atoms with E-state index in [4.69, 9.17) is 4.52 Å². The van der Waals surface area contributed by atoms with Gasteiger partial charge in [-0.1, -0.05) is 5.16 Å². The minimum atomic E-state index is -4.34. The predicted molar refractivity (Wildman–Crippen MR) is 59.2 cm³/mol. The lowest BCUT2D eigenvalue weighted by Crippen LogP contribution is -2.08. The smallest absolute Gasteiger partial charge is 0.356 e. The molecule has 0 amide bonds. The maximum absolute atomic E-state index is 12.7. The molecule has 1 aliphatic heterocycles. The van der Waals surface area contributed by atoms with E-state index in [1.807, 2.05) is 0 Å². The van der Waals surface area contributed by atoms with Gasteiger partial charge in [-0.05, 0) is 31.2 Å². The Balaban J connectivity index is 2.10. The highest BCUT2D eigenvalue weighted by Crippen LogP contribution is 2.34. The maximum Gasteiger partial charge on any atom is 0.416 e. The number of hydrogen-bond donors (Lipinski definition) is 1. The Bertz CT molecular complexity index is 570. The van der Waals surface area contributed by atoms with Gasteiger partial charge in [-0.3, -0.25) is 0 Å². The van der Waals surface area contributed by atoms with Gasteiger partial charge in [0, 0.05) is 17.8 Å². The first-order valence-corrected chi connectivity index (χ1v) is 5.73. The highest BCUT2D eigenvalue weighted by molar-refractivity contribution is 5.81. The van der Waals surface area contributed by atoms with Crippen LogP contribution >= 0.6 is 0 Å². The highest BCUT2D eigenvalue weighted by atomic mass is 19.4. The lowest BCUT2D eigenvalue weighted by molar-refractivity contribution is -0.137. The van der Waals surface area contributed by atoms with Gasteiger partial charge in [-0.15, -0.1) is 0 Å². The number of nitrogens with zero attached hydrogens (tertiary/aromatic N) is 1. The third kappa shape index (κ3) is 1.86. The highest BCUT2D eigenvalue weighted by Gasteiger charge is 2.32. The molecule has 1 unspecified atom stereocenters. The van der Waals surface area contributed by atoms with Gasteiger partial charge < -0.3 is 9.84 Å². The lowest BCUT2D eigenvalue weighted by atomic mass is 10.00. The molecular formula is C12H11F3N2O. The number of aromatic nitrogens is 1. The van der Waals surface area contributed by atoms with Crippen LogP contribution < -0.4 is 5.32 Å². The van der Waals surface area contributed by atoms with Gasteiger partial charge >= 0.3 is 6.18 Å². The molecule has 1 atom stereocenters. The van der Waals surface area contributed by atoms with Crippen molar-refractivity contribution < 1.29 is 17.7 Å². The van der Waals surface area contributed by atoms with Gasteiger partial charge in [0.25, 0.3) is 0 Å². The van der Waals surface area contributed by atoms with Crippen LogP contribution in [0.2, 0.25) is 0 Å². The number of hydrogen-bond acceptors (Lipinski definition) is 3. The van der Waals surface area contributed by atoms with Crippen LogP contribution in [0.1, 0.15) is 23.6 Å². The van der Waals surface area contributed by atoms with E-state index < -0.39 is 11.7 Å². The molecule has 3 nitrogen and oxygen atoms in total. The van der Waals surface area contributed by atoms with E-state index in [0.29, 0.717) is 16.7 Å². The second-order valence-electron chi connectivity index (χ2n) is 4.47. The first kappa shape index (κ1) is 11.5. The summed E-state index contributed by atoms with van der Waals surface area (Å²) >= 11 is 0. The largest absolute Gasteiger partial charge is 0.416 e. The van der Waals surface area contributed by atoms with Crippen LogP contribution in [-0.2, 0) is 6.18 Å². The molecule has 0 aliphatic carbocycles. The maximum atomic E-state index is 12.7. The molecule has 2 aromatic rings. The fourth-order valence-corrected chi connectivity index (χ4v) is 2.32. The molecule has 0 saturated carbocycles. The number of benzene rings is 1. The Morgan fingerprint density at radius 2 is 2.17 bits per heavy atom. The summed E-state index contributed by atoms with van der Waals surface area (Å²) in [5.74, 6) is 0.134. The standard InChI is InChI=1S/C12H11F3N2O/c13-12(14,15)8-1-2-10-9(5-8)11(17-18-10)7-3-4-16-6-7/h1-2,5,7,16H,3-4,6H2. The Labute approximate surface area is 101 Å². The Morgan fingerprint density at radius 3 is 2.83 bits per heavy atom. The fourth-order valence-electron chi connectivity index (χ4n) is 2.32. The molecule has 0 spiro atoms. The summed E-state index contributed by atoms with van der Waals surface area (Å²) in [6.07, 6.45) is -3.46. The summed E-state index contributed by atoms with van der Waals surface area (Å²) in [5.41, 5.74) is 0.372. The number of alkyl halides is 3. The van der Waals surface area contributed by atoms with Crippen LogP contribution in [0.25, 0.3) is 11.0 Å². The van der Waals surface area contributed by atoms with Crippen molar-refractivity contribution in [2.24, 2.45) is 0 Å². The van der Waals surface area contributed by atoms with E-state index in [1.54, 1.807) is 0 Å². The molecule has 1 N–H and O–H groups in total. The minimum Gasteiger partial charge on any atom is -0.356 e. The van der Waals surface area contributed by atoms with Crippen LogP contribution in [0.3, 0.4) is 0 Å². The van der Waals surface area contributed by atoms with E-state index in [0.717, 1.165) is 31.6 Å². The van der Waals surface area contributed by atoms with Crippen molar-refractivity contribution >= 4 is 11.0 Å². The number of fused-ring (bicyclic) bond motifs is 1. The Hall–Kier alpha value is -1.56. The van der Waals surface area contributed by atoms with Crippen molar-refractivity contribution in [3.8, 4) is 0 Å². The third-order valence-corrected chi connectivity index (χ3v) is 3.27. The van der Waals surface area contributed by atoms with Crippen LogP contribution in [0.5, 0.6) is 0 Å². The summed E-state index contributed by atoms with van der Waals surface area (Å²) in [6, 6.07) is 3.47. The zero-order valence-electron chi connectivity index (χ0n) is 9.42. The van der Waals surface area contributed by atoms with Crippen molar-refractivity contribution in [2.45, 2.75) is 18.5 Å². The molecule has 0 bridgehead atoms. The Morgan fingerprint density at radius 1 is 1.33 bits per heavy atom. The first-order valence-electron chi connectivity index (χ1n) is 5.73. The Kier molecular flexibility index (Phi) is 2.55. The van der Waals surface area contributed by atoms with Crippen LogP contribution in [0.15, 0.2) is 22.7 Å². The zero-order valence-corrected chi connectivity index (χ0v) is 9.42. The van der Waals surface area contributed by atoms with Crippen molar-refractivity contribution in [1.29, 1.82) is 0 Å². The minimum absolute atomic E-state index is 0.134. The van der Waals surface area contributed by atoms with Gasteiger partial charge in [0.05, 0.1) is 11.3 Å². The van der Waals surface area contributed by atoms with E-state index >= 15 is 0 Å². The monoisotopic (exact) mass is 256 g/mol. The van der Waals surface area contributed by atoms with E-state index in [-0.39, 0.29) is 5.92 Å². The average molecular weight is 256 g/mol. The van der Waals surface area contributed by atoms with Crippen LogP contribution in [-0.4, -0.2) is 18.2 Å². The van der Waals surface area contributed by atoms with Crippen molar-refractivity contribution in [3.05, 3.63) is 29.5 Å². The fraction of sp³-hybridized carbons (Fsp3) is 0.417. The van der Waals surface area contributed by atoms with Gasteiger partial charge in [0.1, 0.15) is 0 Å². The third-order valence-electron chi connectivity index (χ3n) is 3.27. The first-order chi connectivity index (χ1) is 8.55. The van der Waals surface area contributed by atoms with E-state index in [1.165, 1.54) is 6.07 Å². The zero-order chi connectivity index (χ0) is 12.8. The number of halogens is 3. The van der Waals surface area contributed by atoms with Crippen LogP contribution in [0.4, 0.5) is 13.2 Å². The summed E-state index contributed by atoms with van der Waals surface area (Å²) in [7, 11) is 0. The molecular weight excluding hydrogens is 245 g/mol. The second kappa shape index (κ2) is 3.98. The van der Waals surface area contributed by atoms with E-state index in [2.05, 4.69) is 10.5 Å². The summed E-state index contributed by atoms with van der Waals surface area (Å²) in [5, 5.41) is 7.56. The molecule has 2 heterocycles. The molecule has 1 aliphatic rings. The SMILES string of the molecule is FC(F)(F)c1ccc2onc(C3CCNC3)c2c1. The van der Waals surface area contributed by atoms with Gasteiger partial charge in [-0.25, -0.2) is 0 Å². The van der Waals surface area contributed by atoms with Gasteiger partial charge in [0.15, 0.2) is 5.58 Å². The normalized spacial score (nSPS) is 20.7. The topological polar surface area (TPSA) is 38.1 Å². The average Bonchev–Trinajstić information content (AvgIpc) is 2.95. The lowest BCUT2D eigenvalue weighted by Gasteiger charge is -2.07. The molecule has 1 aromatic heterocycles. The van der Waals surface area contributed by atoms with Gasteiger partial charge in [-0.2, -0.15) is 13.2 Å². The molecule has 1 aromatic carbocycles. The van der Waals surface area contributed by atoms with Crippen LogP contribution in [0, 0.1) is 0 Å². The second-order valence-corrected chi connectivity index (χ2v) is 4.47. The van der Waals surface area contributed by atoms with Crippen molar-refractivity contribution in [3.63, 3.8) is 0 Å². The number of rotatable bonds is 1. The molecule has 1 fully saturated rings. The molecule has 1 saturated heterocycles. The van der Waals surface area contributed by atoms with Crippen molar-refractivity contribution in [2.75, 3.05) is 13.1 Å². The molecule has 6 heteroatoms. The summed E-state index contributed by atoms with van der Waals surface area (Å²) < 4.78 is 43.1. The molecule has 3 rings (SSSR count). The molecule has 18 heavy (non-hydrogen) atoms.